The Bertz CT molecular complexity index is 476. The van der Waals surface area contributed by atoms with Crippen molar-refractivity contribution < 1.29 is 36.2 Å². The highest BCUT2D eigenvalue weighted by Gasteiger charge is 2.43. The third-order valence-electron chi connectivity index (χ3n) is 2.24. The number of hydrogen-bond acceptors (Lipinski definition) is 3. The molecule has 20 heavy (non-hydrogen) atoms. The number of halogens is 7. The van der Waals surface area contributed by atoms with Crippen LogP contribution in [0.25, 0.3) is 0 Å². The summed E-state index contributed by atoms with van der Waals surface area (Å²) in [7, 11) is 0. The highest BCUT2D eigenvalue weighted by Crippen LogP contribution is 2.34. The van der Waals surface area contributed by atoms with Gasteiger partial charge in [0.25, 0.3) is 0 Å². The van der Waals surface area contributed by atoms with E-state index in [1.165, 1.54) is 0 Å². The van der Waals surface area contributed by atoms with Gasteiger partial charge in [0.15, 0.2) is 6.10 Å². The third kappa shape index (κ3) is 4.43. The molecule has 0 radical (unpaired) electrons. The van der Waals surface area contributed by atoms with E-state index in [0.717, 1.165) is 12.1 Å². The maximum absolute atomic E-state index is 12.3. The summed E-state index contributed by atoms with van der Waals surface area (Å²) in [6.07, 6.45) is -12.8. The van der Waals surface area contributed by atoms with Crippen molar-refractivity contribution in [1.82, 2.24) is 0 Å². The fourth-order valence-electron chi connectivity index (χ4n) is 1.32. The minimum Gasteiger partial charge on any atom is -0.404 e. The summed E-state index contributed by atoms with van der Waals surface area (Å²) in [5, 5.41) is 8.37. The molecule has 0 aliphatic heterocycles. The molecule has 114 valence electrons. The van der Waals surface area contributed by atoms with E-state index in [4.69, 9.17) is 22.4 Å². The normalized spacial score (nSPS) is 15.8. The molecule has 0 aliphatic carbocycles. The van der Waals surface area contributed by atoms with Crippen molar-refractivity contribution in [3.63, 3.8) is 0 Å². The van der Waals surface area contributed by atoms with E-state index >= 15 is 0 Å². The van der Waals surface area contributed by atoms with E-state index in [9.17, 15) is 26.3 Å². The summed E-state index contributed by atoms with van der Waals surface area (Å²) in [5.41, 5.74) is 4.90. The highest BCUT2D eigenvalue weighted by molar-refractivity contribution is 6.32. The number of ether oxygens (including phenoxy) is 1. The van der Waals surface area contributed by atoms with Crippen molar-refractivity contribution in [2.24, 2.45) is 5.73 Å². The van der Waals surface area contributed by atoms with Gasteiger partial charge in [0, 0.05) is 0 Å². The standard InChI is InChI=1S/C10H8ClF6NO2/c11-5-3-4(7(18)8(19)9(12,13)14)1-2-6(5)20-10(15,16)17/h1-3,7-8,19H,18H2/t7-,8-/m0/s1. The summed E-state index contributed by atoms with van der Waals surface area (Å²) < 4.78 is 76.2. The van der Waals surface area contributed by atoms with Crippen molar-refractivity contribution in [2.45, 2.75) is 24.7 Å². The molecule has 10 heteroatoms. The minimum absolute atomic E-state index is 0.283. The van der Waals surface area contributed by atoms with E-state index in [1.54, 1.807) is 0 Å². The van der Waals surface area contributed by atoms with Gasteiger partial charge in [-0.3, -0.25) is 0 Å². The smallest absolute Gasteiger partial charge is 0.404 e. The first kappa shape index (κ1) is 16.9. The molecule has 0 heterocycles. The Morgan fingerprint density at radius 1 is 1.15 bits per heavy atom. The van der Waals surface area contributed by atoms with E-state index in [1.807, 2.05) is 0 Å². The zero-order valence-electron chi connectivity index (χ0n) is 9.47. The molecule has 3 nitrogen and oxygen atoms in total. The largest absolute Gasteiger partial charge is 0.573 e. The van der Waals surface area contributed by atoms with E-state index in [-0.39, 0.29) is 5.56 Å². The van der Waals surface area contributed by atoms with Crippen LogP contribution in [0.4, 0.5) is 26.3 Å². The summed E-state index contributed by atoms with van der Waals surface area (Å²) >= 11 is 5.46. The van der Waals surface area contributed by atoms with E-state index in [0.29, 0.717) is 6.07 Å². The molecular formula is C10H8ClF6NO2. The molecule has 0 aliphatic rings. The van der Waals surface area contributed by atoms with Crippen LogP contribution in [-0.4, -0.2) is 23.7 Å². The van der Waals surface area contributed by atoms with Crippen LogP contribution >= 0.6 is 11.6 Å². The number of nitrogens with two attached hydrogens (primary N) is 1. The Kier molecular flexibility index (Phi) is 4.78. The van der Waals surface area contributed by atoms with Crippen molar-refractivity contribution in [3.05, 3.63) is 28.8 Å². The van der Waals surface area contributed by atoms with Crippen LogP contribution in [0.5, 0.6) is 5.75 Å². The molecule has 1 aromatic carbocycles. The first-order chi connectivity index (χ1) is 8.92. The summed E-state index contributed by atoms with van der Waals surface area (Å²) in [6.45, 7) is 0. The maximum atomic E-state index is 12.3. The monoisotopic (exact) mass is 323 g/mol. The number of benzene rings is 1. The molecule has 0 spiro atoms. The molecule has 3 N–H and O–H groups in total. The van der Waals surface area contributed by atoms with Gasteiger partial charge in [0.05, 0.1) is 11.1 Å². The summed E-state index contributed by atoms with van der Waals surface area (Å²) in [6, 6.07) is 0.454. The van der Waals surface area contributed by atoms with Gasteiger partial charge in [-0.25, -0.2) is 0 Å². The molecule has 0 saturated heterocycles. The van der Waals surface area contributed by atoms with Crippen LogP contribution in [0.1, 0.15) is 11.6 Å². The molecule has 0 amide bonds. The van der Waals surface area contributed by atoms with Gasteiger partial charge in [-0.05, 0) is 17.7 Å². The zero-order valence-corrected chi connectivity index (χ0v) is 10.2. The molecule has 1 aromatic rings. The van der Waals surface area contributed by atoms with Gasteiger partial charge < -0.3 is 15.6 Å². The van der Waals surface area contributed by atoms with Gasteiger partial charge in [0.1, 0.15) is 5.75 Å². The predicted octanol–water partition coefficient (Wildman–Crippen LogP) is 3.16. The fraction of sp³-hybridized carbons (Fsp3) is 0.400. The lowest BCUT2D eigenvalue weighted by Gasteiger charge is -2.22. The number of aliphatic hydroxyl groups excluding tert-OH is 1. The van der Waals surface area contributed by atoms with Gasteiger partial charge in [-0.2, -0.15) is 13.2 Å². The second kappa shape index (κ2) is 5.66. The Balaban J connectivity index is 2.98. The van der Waals surface area contributed by atoms with Crippen molar-refractivity contribution >= 4 is 11.6 Å². The molecule has 2 atom stereocenters. The Hall–Kier alpha value is -1.19. The number of aliphatic hydroxyl groups is 1. The molecule has 0 bridgehead atoms. The van der Waals surface area contributed by atoms with E-state index < -0.39 is 35.5 Å². The SMILES string of the molecule is N[C@@H](c1ccc(OC(F)(F)F)c(Cl)c1)[C@H](O)C(F)(F)F. The molecule has 0 fully saturated rings. The van der Waals surface area contributed by atoms with Gasteiger partial charge in [0.2, 0.25) is 0 Å². The summed E-state index contributed by atoms with van der Waals surface area (Å²) in [5.74, 6) is -0.781. The molecule has 0 unspecified atom stereocenters. The first-order valence-corrected chi connectivity index (χ1v) is 5.35. The average molecular weight is 324 g/mol. The lowest BCUT2D eigenvalue weighted by Crippen LogP contribution is -2.38. The van der Waals surface area contributed by atoms with Gasteiger partial charge >= 0.3 is 12.5 Å². The lowest BCUT2D eigenvalue weighted by atomic mass is 10.0. The minimum atomic E-state index is -4.99. The second-order valence-electron chi connectivity index (χ2n) is 3.75. The first-order valence-electron chi connectivity index (χ1n) is 4.97. The number of alkyl halides is 6. The number of hydrogen-bond donors (Lipinski definition) is 2. The Morgan fingerprint density at radius 3 is 2.10 bits per heavy atom. The third-order valence-corrected chi connectivity index (χ3v) is 2.54. The maximum Gasteiger partial charge on any atom is 0.573 e. The van der Waals surface area contributed by atoms with Gasteiger partial charge in [-0.15, -0.1) is 13.2 Å². The fourth-order valence-corrected chi connectivity index (χ4v) is 1.55. The number of rotatable bonds is 3. The van der Waals surface area contributed by atoms with Crippen LogP contribution in [0, 0.1) is 0 Å². The van der Waals surface area contributed by atoms with Gasteiger partial charge in [-0.1, -0.05) is 17.7 Å². The Morgan fingerprint density at radius 2 is 1.70 bits per heavy atom. The van der Waals surface area contributed by atoms with Crippen molar-refractivity contribution in [2.75, 3.05) is 0 Å². The second-order valence-corrected chi connectivity index (χ2v) is 4.16. The van der Waals surface area contributed by atoms with Crippen LogP contribution < -0.4 is 10.5 Å². The average Bonchev–Trinajstić information content (AvgIpc) is 2.27. The van der Waals surface area contributed by atoms with Crippen molar-refractivity contribution in [3.8, 4) is 5.75 Å². The van der Waals surface area contributed by atoms with Crippen LogP contribution in [0.3, 0.4) is 0 Å². The Labute approximate surface area is 113 Å². The molecular weight excluding hydrogens is 316 g/mol. The lowest BCUT2D eigenvalue weighted by molar-refractivity contribution is -0.274. The quantitative estimate of drug-likeness (QED) is 0.840. The molecule has 1 rings (SSSR count). The molecule has 0 aromatic heterocycles. The highest BCUT2D eigenvalue weighted by atomic mass is 35.5. The van der Waals surface area contributed by atoms with Crippen LogP contribution in [-0.2, 0) is 0 Å². The van der Waals surface area contributed by atoms with Crippen LogP contribution in [0.15, 0.2) is 18.2 Å². The molecule has 0 saturated carbocycles. The predicted molar refractivity (Wildman–Crippen MR) is 57.1 cm³/mol. The summed E-state index contributed by atoms with van der Waals surface area (Å²) in [4.78, 5) is 0. The van der Waals surface area contributed by atoms with E-state index in [2.05, 4.69) is 4.74 Å². The topological polar surface area (TPSA) is 55.5 Å². The van der Waals surface area contributed by atoms with Crippen molar-refractivity contribution in [1.29, 1.82) is 0 Å². The zero-order chi connectivity index (χ0) is 15.7. The van der Waals surface area contributed by atoms with Crippen LogP contribution in [0.2, 0.25) is 5.02 Å².